The van der Waals surface area contributed by atoms with Crippen molar-refractivity contribution in [1.29, 1.82) is 5.41 Å². The Morgan fingerprint density at radius 3 is 2.00 bits per heavy atom. The van der Waals surface area contributed by atoms with E-state index in [-0.39, 0.29) is 75.5 Å². The van der Waals surface area contributed by atoms with Gasteiger partial charge in [-0.3, -0.25) is 9.78 Å². The average molecular weight is 798 g/mol. The molecule has 0 radical (unpaired) electrons. The van der Waals surface area contributed by atoms with E-state index in [0.717, 1.165) is 37.1 Å². The molecule has 0 bridgehead atoms. The first-order valence-electron chi connectivity index (χ1n) is 21.0. The second-order valence-electron chi connectivity index (χ2n) is 13.3. The molecule has 0 spiro atoms. The van der Waals surface area contributed by atoms with Crippen LogP contribution in [0.25, 0.3) is 5.57 Å². The van der Waals surface area contributed by atoms with Crippen molar-refractivity contribution in [1.82, 2.24) is 10.3 Å². The Bertz CT molecular complexity index is 1450. The molecule has 2 aromatic rings. The summed E-state index contributed by atoms with van der Waals surface area (Å²) < 4.78 is 0. The first-order valence-corrected chi connectivity index (χ1v) is 21.0. The standard InChI is InChI=1S/C25H34N3O.C12H16.C3H5.C3H8.C2H7NO.2C2H6.K/c1-8-10-20(23-13-22(15(3)9-2)18(6)19(7)28-23)14-27-25(29)21-11-16(4)24(26)17(5)12-21;1-4-7-10(2)12-9-6-5-8-11(12)3;1-2-3-1;1-3-2;3-1-2-4;2*1-2;/h4,11-13,15,20,26H,8-10,14H2,1-3,5-7H3,(H,27,29);5-9H,4H2,1-3H3;1H,2-3H2;3H2,1-2H3;4H,1-3H2;2*1-2H3;/q-1;;-1;;;;;+1/b;10-7-;;;;;;. The predicted molar refractivity (Wildman–Crippen MR) is 244 cm³/mol. The minimum absolute atomic E-state index is 0. The van der Waals surface area contributed by atoms with E-state index in [1.807, 2.05) is 27.7 Å². The largest absolute Gasteiger partial charge is 1.00 e. The minimum atomic E-state index is -0.160. The summed E-state index contributed by atoms with van der Waals surface area (Å²) in [6, 6.07) is 10.7. The molecule has 5 N–H and O–H groups in total. The summed E-state index contributed by atoms with van der Waals surface area (Å²) in [5, 5.41) is 18.7. The third kappa shape index (κ3) is 26.1. The van der Waals surface area contributed by atoms with Crippen LogP contribution in [0.4, 0.5) is 0 Å². The molecule has 2 atom stereocenters. The predicted octanol–water partition coefficient (Wildman–Crippen LogP) is 9.68. The molecular formula is C49H82KN4O2-. The molecule has 1 aromatic heterocycles. The number of hydrogen-bond donors (Lipinski definition) is 4. The van der Waals surface area contributed by atoms with Crippen molar-refractivity contribution < 1.29 is 61.3 Å². The van der Waals surface area contributed by atoms with Crippen molar-refractivity contribution in [2.75, 3.05) is 19.7 Å². The first kappa shape index (κ1) is 60.7. The number of hydrogen-bond acceptors (Lipinski definition) is 5. The number of nitrogens with one attached hydrogen (secondary N) is 2. The number of nitrogens with zero attached hydrogens (tertiary/aromatic N) is 1. The summed E-state index contributed by atoms with van der Waals surface area (Å²) in [4.78, 5) is 17.6. The summed E-state index contributed by atoms with van der Waals surface area (Å²) in [7, 11) is 0. The molecule has 1 amide bonds. The molecule has 312 valence electrons. The van der Waals surface area contributed by atoms with Gasteiger partial charge in [0.05, 0.1) is 6.61 Å². The second kappa shape index (κ2) is 38.5. The topological polar surface area (TPSA) is 112 Å². The van der Waals surface area contributed by atoms with Crippen LogP contribution in [-0.4, -0.2) is 41.4 Å². The fraction of sp³-hybridized carbons (Fsp3) is 0.551. The number of nitrogens with two attached hydrogens (primary N) is 1. The zero-order valence-electron chi connectivity index (χ0n) is 38.9. The van der Waals surface area contributed by atoms with Gasteiger partial charge in [-0.2, -0.15) is 5.57 Å². The van der Waals surface area contributed by atoms with Gasteiger partial charge in [0, 0.05) is 30.4 Å². The van der Waals surface area contributed by atoms with Gasteiger partial charge in [0.15, 0.2) is 0 Å². The van der Waals surface area contributed by atoms with E-state index in [4.69, 9.17) is 27.8 Å². The Hall–Kier alpha value is -1.97. The van der Waals surface area contributed by atoms with Gasteiger partial charge in [-0.15, -0.1) is 6.08 Å². The molecule has 0 aliphatic heterocycles. The zero-order valence-corrected chi connectivity index (χ0v) is 42.0. The van der Waals surface area contributed by atoms with Gasteiger partial charge in [0.2, 0.25) is 5.91 Å². The van der Waals surface area contributed by atoms with Crippen molar-refractivity contribution >= 4 is 17.2 Å². The van der Waals surface area contributed by atoms with Crippen LogP contribution >= 0.6 is 0 Å². The maximum absolute atomic E-state index is 12.7. The summed E-state index contributed by atoms with van der Waals surface area (Å²) >= 11 is 0. The molecule has 1 saturated carbocycles. The normalized spacial score (nSPS) is 13.3. The van der Waals surface area contributed by atoms with E-state index in [2.05, 4.69) is 117 Å². The van der Waals surface area contributed by atoms with Crippen LogP contribution in [0.1, 0.15) is 174 Å². The molecule has 1 aromatic carbocycles. The third-order valence-corrected chi connectivity index (χ3v) is 8.41. The number of aromatic nitrogens is 1. The van der Waals surface area contributed by atoms with Gasteiger partial charge in [0.1, 0.15) is 0 Å². The molecule has 56 heavy (non-hydrogen) atoms. The van der Waals surface area contributed by atoms with Gasteiger partial charge in [-0.25, -0.2) is 19.4 Å². The van der Waals surface area contributed by atoms with Crippen LogP contribution in [0.15, 0.2) is 65.3 Å². The SMILES string of the molecule is CC.CC.CC/C=C(/C)c1ccccc1C.CCC.NCCO.[CH-]1CC1.[CH-]=C1C=C(C(=O)NCC(CCC)c2cc(C(C)CC)c(C)c(C)n2)C=C(C)C1=N.[K+]. The maximum atomic E-state index is 12.7. The van der Waals surface area contributed by atoms with Crippen molar-refractivity contribution in [3.8, 4) is 0 Å². The second-order valence-corrected chi connectivity index (χ2v) is 13.3. The molecule has 1 fully saturated rings. The number of carbonyl (C=O) groups is 1. The van der Waals surface area contributed by atoms with E-state index >= 15 is 0 Å². The van der Waals surface area contributed by atoms with Gasteiger partial charge < -0.3 is 28.0 Å². The van der Waals surface area contributed by atoms with Crippen molar-refractivity contribution in [2.24, 2.45) is 5.73 Å². The third-order valence-electron chi connectivity index (χ3n) is 8.41. The van der Waals surface area contributed by atoms with E-state index < -0.39 is 0 Å². The number of aliphatic hydroxyl groups is 1. The zero-order chi connectivity index (χ0) is 42.9. The molecule has 2 aliphatic carbocycles. The number of amides is 1. The van der Waals surface area contributed by atoms with E-state index in [1.165, 1.54) is 47.1 Å². The minimum Gasteiger partial charge on any atom is -0.395 e. The maximum Gasteiger partial charge on any atom is 1.00 e. The van der Waals surface area contributed by atoms with Gasteiger partial charge >= 0.3 is 51.4 Å². The summed E-state index contributed by atoms with van der Waals surface area (Å²) in [6.07, 6.45) is 16.0. The molecule has 1 heterocycles. The molecule has 7 heteroatoms. The van der Waals surface area contributed by atoms with Crippen molar-refractivity contribution in [2.45, 2.75) is 161 Å². The summed E-state index contributed by atoms with van der Waals surface area (Å²) in [5.74, 6) is 0.494. The Labute approximate surface area is 388 Å². The van der Waals surface area contributed by atoms with Crippen molar-refractivity contribution in [3.05, 3.63) is 112 Å². The van der Waals surface area contributed by atoms with Gasteiger partial charge in [-0.05, 0) is 105 Å². The molecule has 2 aliphatic rings. The molecule has 2 unspecified atom stereocenters. The number of aliphatic hydroxyl groups excluding tert-OH is 1. The number of allylic oxidation sites excluding steroid dienone is 5. The Morgan fingerprint density at radius 2 is 1.57 bits per heavy atom. The van der Waals surface area contributed by atoms with Crippen LogP contribution in [0, 0.1) is 39.2 Å². The van der Waals surface area contributed by atoms with Gasteiger partial charge in [0.25, 0.3) is 0 Å². The van der Waals surface area contributed by atoms with Crippen LogP contribution < -0.4 is 62.4 Å². The summed E-state index contributed by atoms with van der Waals surface area (Å²) in [5.41, 5.74) is 15.5. The van der Waals surface area contributed by atoms with E-state index in [9.17, 15) is 4.79 Å². The molecule has 6 nitrogen and oxygen atoms in total. The van der Waals surface area contributed by atoms with E-state index in [0.29, 0.717) is 35.7 Å². The summed E-state index contributed by atoms with van der Waals surface area (Å²) in [6.45, 7) is 38.2. The van der Waals surface area contributed by atoms with Crippen LogP contribution in [0.5, 0.6) is 0 Å². The van der Waals surface area contributed by atoms with E-state index in [1.54, 1.807) is 19.1 Å². The fourth-order valence-corrected chi connectivity index (χ4v) is 5.13. The van der Waals surface area contributed by atoms with Crippen LogP contribution in [-0.2, 0) is 4.79 Å². The number of benzene rings is 1. The number of carbonyl (C=O) groups excluding carboxylic acids is 1. The number of pyridine rings is 1. The van der Waals surface area contributed by atoms with Crippen molar-refractivity contribution in [3.63, 3.8) is 0 Å². The van der Waals surface area contributed by atoms with Crippen LogP contribution in [0.3, 0.4) is 0 Å². The molecular weight excluding hydrogens is 716 g/mol. The Kier molecular flexibility index (Phi) is 41.8. The Morgan fingerprint density at radius 1 is 1.04 bits per heavy atom. The van der Waals surface area contributed by atoms with Crippen LogP contribution in [0.2, 0.25) is 0 Å². The number of rotatable bonds is 11. The smallest absolute Gasteiger partial charge is 0.395 e. The average Bonchev–Trinajstić information content (AvgIpc) is 4.09. The number of aryl methyl sites for hydroxylation is 2. The molecule has 4 rings (SSSR count). The Balaban J connectivity index is -0.000000409. The molecule has 0 saturated heterocycles. The first-order chi connectivity index (χ1) is 26.3. The van der Waals surface area contributed by atoms with Gasteiger partial charge in [-0.1, -0.05) is 124 Å². The quantitative estimate of drug-likeness (QED) is 0.134. The monoisotopic (exact) mass is 798 g/mol. The fourth-order valence-electron chi connectivity index (χ4n) is 5.13.